The number of nitrogens with one attached hydrogen (secondary N) is 3. The van der Waals surface area contributed by atoms with Gasteiger partial charge in [0.1, 0.15) is 5.56 Å². The highest BCUT2D eigenvalue weighted by atomic mass is 16.3. The van der Waals surface area contributed by atoms with E-state index in [0.29, 0.717) is 22.4 Å². The predicted octanol–water partition coefficient (Wildman–Crippen LogP) is 4.61. The number of aromatic nitrogens is 4. The molecule has 0 atom stereocenters. The van der Waals surface area contributed by atoms with Crippen molar-refractivity contribution >= 4 is 28.6 Å². The number of nitrogens with zero attached hydrogens (tertiary/aromatic N) is 3. The first-order valence-corrected chi connectivity index (χ1v) is 15.6. The second-order valence-corrected chi connectivity index (χ2v) is 13.3. The smallest absolute Gasteiger partial charge is 0.335 e. The molecule has 43 heavy (non-hydrogen) atoms. The predicted molar refractivity (Wildman–Crippen MR) is 166 cm³/mol. The number of aliphatic imine (C=N–C) groups is 1. The van der Waals surface area contributed by atoms with E-state index in [4.69, 9.17) is 0 Å². The second kappa shape index (κ2) is 9.86. The summed E-state index contributed by atoms with van der Waals surface area (Å²) in [6.07, 6.45) is 12.4. The number of aromatic amines is 3. The Hall–Kier alpha value is -4.34. The maximum atomic E-state index is 13.0. The second-order valence-electron chi connectivity index (χ2n) is 13.3. The lowest BCUT2D eigenvalue weighted by Crippen LogP contribution is -2.48. The number of rotatable bonds is 5. The molecule has 10 heteroatoms. The van der Waals surface area contributed by atoms with Crippen LogP contribution in [0.25, 0.3) is 16.7 Å². The van der Waals surface area contributed by atoms with Gasteiger partial charge in [-0.15, -0.1) is 0 Å². The molecule has 1 aliphatic heterocycles. The minimum Gasteiger partial charge on any atom is -0.493 e. The molecule has 3 heterocycles. The molecule has 1 saturated heterocycles. The molecule has 0 radical (unpaired) electrons. The largest absolute Gasteiger partial charge is 0.493 e. The average molecular weight is 581 g/mol. The van der Waals surface area contributed by atoms with E-state index in [1.165, 1.54) is 50.3 Å². The molecule has 9 rings (SSSR count). The van der Waals surface area contributed by atoms with Gasteiger partial charge in [0.25, 0.3) is 5.56 Å². The van der Waals surface area contributed by atoms with Crippen LogP contribution in [-0.2, 0) is 5.41 Å². The van der Waals surface area contributed by atoms with Crippen LogP contribution in [-0.4, -0.2) is 43.9 Å². The monoisotopic (exact) mass is 580 g/mol. The van der Waals surface area contributed by atoms with Gasteiger partial charge in [-0.2, -0.15) is 0 Å². The van der Waals surface area contributed by atoms with Gasteiger partial charge in [-0.3, -0.25) is 14.8 Å². The number of benzene rings is 2. The highest BCUT2D eigenvalue weighted by Crippen LogP contribution is 2.60. The summed E-state index contributed by atoms with van der Waals surface area (Å²) in [5.41, 5.74) is 2.85. The average Bonchev–Trinajstić information content (AvgIpc) is 3.35. The van der Waals surface area contributed by atoms with Crippen LogP contribution >= 0.6 is 0 Å². The van der Waals surface area contributed by atoms with Crippen LogP contribution in [0.1, 0.15) is 68.9 Å². The molecule has 0 amide bonds. The highest BCUT2D eigenvalue weighted by Gasteiger charge is 2.51. The van der Waals surface area contributed by atoms with Crippen molar-refractivity contribution in [2.75, 3.05) is 18.0 Å². The van der Waals surface area contributed by atoms with Crippen LogP contribution in [0.4, 0.5) is 11.4 Å². The van der Waals surface area contributed by atoms with E-state index in [1.54, 1.807) is 6.07 Å². The van der Waals surface area contributed by atoms with Crippen LogP contribution < -0.4 is 21.8 Å². The molecule has 0 unspecified atom stereocenters. The van der Waals surface area contributed by atoms with Gasteiger partial charge in [0, 0.05) is 19.3 Å². The minimum atomic E-state index is -0.719. The zero-order valence-electron chi connectivity index (χ0n) is 24.1. The lowest BCUT2D eigenvalue weighted by Gasteiger charge is -2.57. The topological polar surface area (TPSA) is 139 Å². The fraction of sp³-hybridized carbons (Fsp3) is 0.455. The minimum absolute atomic E-state index is 0.114. The molecule has 222 valence electrons. The molecular weight excluding hydrogens is 544 g/mol. The summed E-state index contributed by atoms with van der Waals surface area (Å²) < 4.78 is 1.13. The SMILES string of the molecule is O=c1[nH]c2cc(N=Cc3c(O)n(-c4ccc(C56CC7CC(CC(C7)C5)C6)cc4)c(=O)[nH]c3=O)c(N3CCCCC3)cc2[nH]1. The molecule has 10 nitrogen and oxygen atoms in total. The fourth-order valence-corrected chi connectivity index (χ4v) is 9.01. The summed E-state index contributed by atoms with van der Waals surface area (Å²) in [5, 5.41) is 11.3. The van der Waals surface area contributed by atoms with Gasteiger partial charge in [0.15, 0.2) is 0 Å². The Kier molecular flexibility index (Phi) is 6.03. The summed E-state index contributed by atoms with van der Waals surface area (Å²) in [7, 11) is 0. The summed E-state index contributed by atoms with van der Waals surface area (Å²) >= 11 is 0. The van der Waals surface area contributed by atoms with Crippen LogP contribution in [0.3, 0.4) is 0 Å². The summed E-state index contributed by atoms with van der Waals surface area (Å²) in [4.78, 5) is 52.6. The number of anilines is 1. The van der Waals surface area contributed by atoms with Gasteiger partial charge < -0.3 is 20.0 Å². The number of aromatic hydroxyl groups is 1. The summed E-state index contributed by atoms with van der Waals surface area (Å²) in [6, 6.07) is 11.6. The molecule has 5 fully saturated rings. The highest BCUT2D eigenvalue weighted by molar-refractivity contribution is 5.91. The maximum Gasteiger partial charge on any atom is 0.335 e. The molecule has 2 aromatic heterocycles. The van der Waals surface area contributed by atoms with Crippen molar-refractivity contribution in [2.45, 2.75) is 63.2 Å². The Labute approximate surface area is 247 Å². The maximum absolute atomic E-state index is 13.0. The number of fused-ring (bicyclic) bond motifs is 1. The number of imidazole rings is 1. The molecule has 4 aliphatic carbocycles. The van der Waals surface area contributed by atoms with Gasteiger partial charge >= 0.3 is 11.4 Å². The molecule has 2 aromatic carbocycles. The van der Waals surface area contributed by atoms with E-state index >= 15 is 0 Å². The Bertz CT molecular complexity index is 1890. The summed E-state index contributed by atoms with van der Waals surface area (Å²) in [5.74, 6) is 2.02. The number of H-pyrrole nitrogens is 3. The van der Waals surface area contributed by atoms with Crippen LogP contribution in [0.5, 0.6) is 5.88 Å². The van der Waals surface area contributed by atoms with Crippen LogP contribution in [0, 0.1) is 17.8 Å². The van der Waals surface area contributed by atoms with Crippen molar-refractivity contribution in [3.63, 3.8) is 0 Å². The first-order valence-electron chi connectivity index (χ1n) is 15.6. The van der Waals surface area contributed by atoms with E-state index in [2.05, 4.69) is 37.0 Å². The van der Waals surface area contributed by atoms with Gasteiger partial charge in [-0.1, -0.05) is 12.1 Å². The first kappa shape index (κ1) is 26.3. The van der Waals surface area contributed by atoms with Crippen molar-refractivity contribution in [3.05, 3.63) is 78.8 Å². The third-order valence-corrected chi connectivity index (χ3v) is 10.5. The normalized spacial score (nSPS) is 26.6. The molecule has 4 aromatic rings. The van der Waals surface area contributed by atoms with E-state index in [-0.39, 0.29) is 16.7 Å². The van der Waals surface area contributed by atoms with Crippen molar-refractivity contribution in [1.29, 1.82) is 0 Å². The number of hydrogen-bond acceptors (Lipinski definition) is 6. The van der Waals surface area contributed by atoms with Gasteiger partial charge in [0.2, 0.25) is 5.88 Å². The lowest BCUT2D eigenvalue weighted by molar-refractivity contribution is -0.00518. The zero-order chi connectivity index (χ0) is 29.3. The third kappa shape index (κ3) is 4.46. The van der Waals surface area contributed by atoms with Gasteiger partial charge in [-0.25, -0.2) is 14.2 Å². The van der Waals surface area contributed by atoms with Gasteiger partial charge in [-0.05, 0) is 111 Å². The number of hydrogen-bond donors (Lipinski definition) is 4. The number of piperidine rings is 1. The van der Waals surface area contributed by atoms with Gasteiger partial charge in [0.05, 0.1) is 28.1 Å². The molecule has 4 saturated carbocycles. The van der Waals surface area contributed by atoms with Crippen molar-refractivity contribution in [2.24, 2.45) is 22.7 Å². The van der Waals surface area contributed by atoms with E-state index in [0.717, 1.165) is 60.4 Å². The Morgan fingerprint density at radius 2 is 1.47 bits per heavy atom. The van der Waals surface area contributed by atoms with E-state index < -0.39 is 17.1 Å². The lowest BCUT2D eigenvalue weighted by atomic mass is 9.48. The van der Waals surface area contributed by atoms with Crippen molar-refractivity contribution < 1.29 is 5.11 Å². The van der Waals surface area contributed by atoms with E-state index in [1.807, 2.05) is 18.2 Å². The Morgan fingerprint density at radius 3 is 2.12 bits per heavy atom. The fourth-order valence-electron chi connectivity index (χ4n) is 9.01. The molecule has 4 bridgehead atoms. The Balaban J connectivity index is 1.15. The molecular formula is C33H36N6O4. The van der Waals surface area contributed by atoms with E-state index in [9.17, 15) is 19.5 Å². The van der Waals surface area contributed by atoms with Crippen LogP contribution in [0.15, 0.2) is 55.8 Å². The quantitative estimate of drug-likeness (QED) is 0.255. The Morgan fingerprint density at radius 1 is 0.837 bits per heavy atom. The van der Waals surface area contributed by atoms with Crippen molar-refractivity contribution in [3.8, 4) is 11.6 Å². The first-order chi connectivity index (χ1) is 20.8. The molecule has 0 spiro atoms. The summed E-state index contributed by atoms with van der Waals surface area (Å²) in [6.45, 7) is 1.72. The zero-order valence-corrected chi connectivity index (χ0v) is 24.1. The molecule has 5 aliphatic rings. The van der Waals surface area contributed by atoms with Crippen LogP contribution in [0.2, 0.25) is 0 Å². The third-order valence-electron chi connectivity index (χ3n) is 10.5. The molecule has 4 N–H and O–H groups in total. The standard InChI is InChI=1S/C33H36N6O4/c40-29-24(18-34-27-13-25-26(36-31(42)35-25)14-28(27)38-8-2-1-3-9-38)30(41)39(32(43)37-29)23-6-4-22(5-7-23)33-15-19-10-20(16-33)12-21(11-19)17-33/h4-7,13-14,18-21,41H,1-3,8-12,15-17H2,(H2,35,36,42)(H,37,40,43). The van der Waals surface area contributed by atoms with Crippen molar-refractivity contribution in [1.82, 2.24) is 19.5 Å².